The van der Waals surface area contributed by atoms with Crippen molar-refractivity contribution in [3.63, 3.8) is 0 Å². The molecule has 1 aromatic heterocycles. The normalized spacial score (nSPS) is 10.6. The van der Waals surface area contributed by atoms with Gasteiger partial charge in [0.25, 0.3) is 0 Å². The Hall–Kier alpha value is -2.63. The first-order valence-electron chi connectivity index (χ1n) is 6.83. The molecule has 1 heterocycles. The zero-order valence-corrected chi connectivity index (χ0v) is 12.0. The third-order valence-electron chi connectivity index (χ3n) is 2.96. The summed E-state index contributed by atoms with van der Waals surface area (Å²) in [6, 6.07) is 22.7. The Kier molecular flexibility index (Phi) is 5.52. The van der Waals surface area contributed by atoms with Crippen LogP contribution in [0.5, 0.6) is 0 Å². The van der Waals surface area contributed by atoms with Crippen molar-refractivity contribution in [2.75, 3.05) is 0 Å². The van der Waals surface area contributed by atoms with E-state index in [4.69, 9.17) is 4.42 Å². The first-order chi connectivity index (χ1) is 10.9. The summed E-state index contributed by atoms with van der Waals surface area (Å²) in [5, 5.41) is 0. The standard InChI is InChI=1S/C17H13O.BF4/c1-3-7-14(8-4-1)16-11-12-18-13-17(16)15-9-5-2-6-10-15;2-1(3,4)5/h1-13H;/q+1;-1. The number of rotatable bonds is 2. The first kappa shape index (κ1) is 16.7. The van der Waals surface area contributed by atoms with Crippen molar-refractivity contribution in [1.29, 1.82) is 0 Å². The minimum absolute atomic E-state index is 1.12. The molecule has 0 N–H and O–H groups in total. The minimum atomic E-state index is -6.00. The van der Waals surface area contributed by atoms with Crippen LogP contribution in [0.2, 0.25) is 0 Å². The van der Waals surface area contributed by atoms with E-state index >= 15 is 0 Å². The molecular formula is C17H13BF4O. The van der Waals surface area contributed by atoms with Crippen LogP contribution in [0.4, 0.5) is 17.3 Å². The second-order valence-electron chi connectivity index (χ2n) is 4.61. The summed E-state index contributed by atoms with van der Waals surface area (Å²) < 4.78 is 44.3. The molecule has 0 radical (unpaired) electrons. The molecule has 0 aliphatic rings. The van der Waals surface area contributed by atoms with E-state index in [0.717, 1.165) is 5.56 Å². The maximum atomic E-state index is 9.75. The lowest BCUT2D eigenvalue weighted by Gasteiger charge is -2.04. The molecule has 0 aliphatic carbocycles. The lowest BCUT2D eigenvalue weighted by Crippen LogP contribution is -2.02. The van der Waals surface area contributed by atoms with Crippen LogP contribution < -0.4 is 0 Å². The summed E-state index contributed by atoms with van der Waals surface area (Å²) in [5.41, 5.74) is 4.67. The van der Waals surface area contributed by atoms with Crippen LogP contribution in [0.1, 0.15) is 0 Å². The largest absolute Gasteiger partial charge is 0.673 e. The molecule has 3 aromatic rings. The number of hydrogen-bond donors (Lipinski definition) is 0. The molecule has 0 saturated carbocycles. The van der Waals surface area contributed by atoms with Gasteiger partial charge in [0.05, 0.1) is 5.56 Å². The van der Waals surface area contributed by atoms with E-state index in [2.05, 4.69) is 24.3 Å². The Morgan fingerprint density at radius 3 is 1.52 bits per heavy atom. The smallest absolute Gasteiger partial charge is 0.418 e. The fourth-order valence-corrected chi connectivity index (χ4v) is 2.08. The summed E-state index contributed by atoms with van der Waals surface area (Å²) >= 11 is 0. The molecule has 0 bridgehead atoms. The average molecular weight is 320 g/mol. The van der Waals surface area contributed by atoms with Gasteiger partial charge in [-0.2, -0.15) is 0 Å². The van der Waals surface area contributed by atoms with E-state index in [9.17, 15) is 17.3 Å². The third-order valence-corrected chi connectivity index (χ3v) is 2.96. The quantitative estimate of drug-likeness (QED) is 0.311. The lowest BCUT2D eigenvalue weighted by molar-refractivity contribution is 0.368. The molecule has 118 valence electrons. The lowest BCUT2D eigenvalue weighted by atomic mass is 9.97. The van der Waals surface area contributed by atoms with Gasteiger partial charge >= 0.3 is 19.8 Å². The van der Waals surface area contributed by atoms with Crippen molar-refractivity contribution in [2.24, 2.45) is 0 Å². The summed E-state index contributed by atoms with van der Waals surface area (Å²) in [5.74, 6) is 0. The fourth-order valence-electron chi connectivity index (χ4n) is 2.08. The molecule has 0 amide bonds. The minimum Gasteiger partial charge on any atom is -0.418 e. The zero-order chi connectivity index (χ0) is 16.7. The van der Waals surface area contributed by atoms with E-state index in [1.54, 1.807) is 12.5 Å². The van der Waals surface area contributed by atoms with Crippen molar-refractivity contribution in [2.45, 2.75) is 0 Å². The maximum absolute atomic E-state index is 9.75. The van der Waals surface area contributed by atoms with E-state index in [-0.39, 0.29) is 0 Å². The van der Waals surface area contributed by atoms with Gasteiger partial charge in [-0.3, -0.25) is 0 Å². The third kappa shape index (κ3) is 5.58. The SMILES string of the molecule is F[B-](F)(F)F.c1ccc(-c2cc[o+]cc2-c2ccccc2)cc1. The highest BCUT2D eigenvalue weighted by Gasteiger charge is 2.20. The van der Waals surface area contributed by atoms with E-state index in [0.29, 0.717) is 0 Å². The molecule has 23 heavy (non-hydrogen) atoms. The predicted molar refractivity (Wildman–Crippen MR) is 84.2 cm³/mol. The summed E-state index contributed by atoms with van der Waals surface area (Å²) in [6.45, 7) is 0. The van der Waals surface area contributed by atoms with Crippen molar-refractivity contribution in [3.8, 4) is 22.3 Å². The Balaban J connectivity index is 0.000000338. The van der Waals surface area contributed by atoms with Gasteiger partial charge in [-0.05, 0) is 11.1 Å². The van der Waals surface area contributed by atoms with Crippen LogP contribution in [0.25, 0.3) is 22.3 Å². The Bertz CT molecular complexity index is 666. The van der Waals surface area contributed by atoms with Crippen molar-refractivity contribution in [3.05, 3.63) is 79.3 Å². The van der Waals surface area contributed by atoms with Gasteiger partial charge in [0.2, 0.25) is 0 Å². The zero-order valence-electron chi connectivity index (χ0n) is 12.0. The molecular weight excluding hydrogens is 307 g/mol. The van der Waals surface area contributed by atoms with Crippen LogP contribution in [0, 0.1) is 0 Å². The molecule has 0 aliphatic heterocycles. The maximum Gasteiger partial charge on any atom is 0.673 e. The van der Waals surface area contributed by atoms with Crippen molar-refractivity contribution < 1.29 is 21.7 Å². The van der Waals surface area contributed by atoms with Gasteiger partial charge in [0.1, 0.15) is 0 Å². The van der Waals surface area contributed by atoms with Gasteiger partial charge in [0, 0.05) is 11.6 Å². The topological polar surface area (TPSA) is 11.3 Å². The average Bonchev–Trinajstić information content (AvgIpc) is 2.55. The van der Waals surface area contributed by atoms with Crippen molar-refractivity contribution >= 4 is 7.25 Å². The Morgan fingerprint density at radius 1 is 0.609 bits per heavy atom. The molecule has 2 aromatic carbocycles. The van der Waals surface area contributed by atoms with Gasteiger partial charge in [-0.1, -0.05) is 60.7 Å². The van der Waals surface area contributed by atoms with E-state index in [1.807, 2.05) is 42.5 Å². The van der Waals surface area contributed by atoms with Crippen LogP contribution >= 0.6 is 0 Å². The Morgan fingerprint density at radius 2 is 1.04 bits per heavy atom. The highest BCUT2D eigenvalue weighted by atomic mass is 19.5. The van der Waals surface area contributed by atoms with Gasteiger partial charge in [-0.25, -0.2) is 4.42 Å². The summed E-state index contributed by atoms with van der Waals surface area (Å²) in [7, 11) is -6.00. The molecule has 0 unspecified atom stereocenters. The van der Waals surface area contributed by atoms with Crippen LogP contribution in [0.15, 0.2) is 83.7 Å². The van der Waals surface area contributed by atoms with Gasteiger partial charge in [0.15, 0.2) is 0 Å². The monoisotopic (exact) mass is 320 g/mol. The second kappa shape index (κ2) is 7.58. The van der Waals surface area contributed by atoms with Crippen LogP contribution in [0.3, 0.4) is 0 Å². The Labute approximate surface area is 131 Å². The van der Waals surface area contributed by atoms with Crippen LogP contribution in [-0.4, -0.2) is 7.25 Å². The number of halogens is 4. The molecule has 6 heteroatoms. The second-order valence-corrected chi connectivity index (χ2v) is 4.61. The van der Waals surface area contributed by atoms with Gasteiger partial charge < -0.3 is 17.3 Å². The van der Waals surface area contributed by atoms with E-state index < -0.39 is 7.25 Å². The summed E-state index contributed by atoms with van der Waals surface area (Å²) in [4.78, 5) is 0. The van der Waals surface area contributed by atoms with Crippen molar-refractivity contribution in [1.82, 2.24) is 0 Å². The molecule has 0 spiro atoms. The van der Waals surface area contributed by atoms with Gasteiger partial charge in [-0.15, -0.1) is 0 Å². The fraction of sp³-hybridized carbons (Fsp3) is 0. The van der Waals surface area contributed by atoms with Crippen LogP contribution in [-0.2, 0) is 0 Å². The molecule has 0 saturated heterocycles. The predicted octanol–water partition coefficient (Wildman–Crippen LogP) is 6.19. The highest BCUT2D eigenvalue weighted by molar-refractivity contribution is 6.50. The summed E-state index contributed by atoms with van der Waals surface area (Å²) in [6.07, 6.45) is 3.52. The van der Waals surface area contributed by atoms with E-state index in [1.165, 1.54) is 16.7 Å². The number of hydrogen-bond acceptors (Lipinski definition) is 0. The molecule has 0 fully saturated rings. The molecule has 0 atom stereocenters. The number of benzene rings is 2. The first-order valence-corrected chi connectivity index (χ1v) is 6.83. The molecule has 1 nitrogen and oxygen atoms in total. The molecule has 3 rings (SSSR count). The highest BCUT2D eigenvalue weighted by Crippen LogP contribution is 2.31.